The standard InChI is InChI=1S/C26H37N3O4S/c1-18-7-11-21(34-18)16-28(14-13-19-8-12-22(32-5)23(15-19)33-6)24(30)17-29(20-9-10-20)25(31)27-26(2,3)4/h7-8,11-12,15,20H,9-10,13-14,16-17H2,1-6H3,(H,27,31). The average molecular weight is 488 g/mol. The van der Waals surface area contributed by atoms with Crippen LogP contribution in [-0.4, -0.2) is 60.6 Å². The van der Waals surface area contributed by atoms with Gasteiger partial charge in [-0.2, -0.15) is 0 Å². The van der Waals surface area contributed by atoms with Gasteiger partial charge in [0.2, 0.25) is 5.91 Å². The lowest BCUT2D eigenvalue weighted by atomic mass is 10.1. The molecule has 1 aliphatic rings. The molecule has 0 spiro atoms. The van der Waals surface area contributed by atoms with Gasteiger partial charge in [0, 0.05) is 27.9 Å². The molecule has 3 rings (SSSR count). The predicted octanol–water partition coefficient (Wildman–Crippen LogP) is 4.62. The van der Waals surface area contributed by atoms with Crippen LogP contribution in [-0.2, 0) is 17.8 Å². The van der Waals surface area contributed by atoms with Crippen LogP contribution < -0.4 is 14.8 Å². The van der Waals surface area contributed by atoms with E-state index < -0.39 is 0 Å². The van der Waals surface area contributed by atoms with E-state index in [1.165, 1.54) is 4.88 Å². The fourth-order valence-corrected chi connectivity index (χ4v) is 4.65. The van der Waals surface area contributed by atoms with Gasteiger partial charge in [-0.15, -0.1) is 11.3 Å². The van der Waals surface area contributed by atoms with Gasteiger partial charge in [-0.05, 0) is 76.8 Å². The fourth-order valence-electron chi connectivity index (χ4n) is 3.74. The molecule has 0 saturated heterocycles. The maximum atomic E-state index is 13.5. The van der Waals surface area contributed by atoms with Gasteiger partial charge >= 0.3 is 6.03 Å². The van der Waals surface area contributed by atoms with E-state index in [4.69, 9.17) is 9.47 Å². The van der Waals surface area contributed by atoms with E-state index >= 15 is 0 Å². The quantitative estimate of drug-likeness (QED) is 0.531. The molecule has 1 N–H and O–H groups in total. The van der Waals surface area contributed by atoms with Gasteiger partial charge in [0.15, 0.2) is 11.5 Å². The fraction of sp³-hybridized carbons (Fsp3) is 0.538. The Kier molecular flexibility index (Phi) is 8.47. The molecule has 1 aromatic heterocycles. The second kappa shape index (κ2) is 11.1. The van der Waals surface area contributed by atoms with Crippen molar-refractivity contribution in [1.82, 2.24) is 15.1 Å². The summed E-state index contributed by atoms with van der Waals surface area (Å²) >= 11 is 1.69. The Hall–Kier alpha value is -2.74. The van der Waals surface area contributed by atoms with Crippen molar-refractivity contribution < 1.29 is 19.1 Å². The number of hydrogen-bond donors (Lipinski definition) is 1. The van der Waals surface area contributed by atoms with E-state index in [0.29, 0.717) is 31.0 Å². The van der Waals surface area contributed by atoms with Crippen molar-refractivity contribution in [3.8, 4) is 11.5 Å². The van der Waals surface area contributed by atoms with Crippen LogP contribution >= 0.6 is 11.3 Å². The largest absolute Gasteiger partial charge is 0.493 e. The topological polar surface area (TPSA) is 71.1 Å². The Balaban J connectivity index is 1.74. The highest BCUT2D eigenvalue weighted by Crippen LogP contribution is 2.29. The summed E-state index contributed by atoms with van der Waals surface area (Å²) in [6.07, 6.45) is 2.56. The molecule has 0 radical (unpaired) electrons. The van der Waals surface area contributed by atoms with Crippen molar-refractivity contribution in [3.63, 3.8) is 0 Å². The summed E-state index contributed by atoms with van der Waals surface area (Å²) < 4.78 is 10.8. The number of urea groups is 1. The molecule has 1 fully saturated rings. The van der Waals surface area contributed by atoms with E-state index in [-0.39, 0.29) is 30.1 Å². The van der Waals surface area contributed by atoms with Gasteiger partial charge in [0.1, 0.15) is 6.54 Å². The van der Waals surface area contributed by atoms with Crippen molar-refractivity contribution >= 4 is 23.3 Å². The molecule has 1 heterocycles. The van der Waals surface area contributed by atoms with Crippen LogP contribution in [0.5, 0.6) is 11.5 Å². The highest BCUT2D eigenvalue weighted by atomic mass is 32.1. The van der Waals surface area contributed by atoms with E-state index in [0.717, 1.165) is 23.3 Å². The molecule has 0 atom stereocenters. The molecule has 1 aromatic carbocycles. The first-order chi connectivity index (χ1) is 16.1. The lowest BCUT2D eigenvalue weighted by Crippen LogP contribution is -2.52. The molecule has 0 aliphatic heterocycles. The minimum Gasteiger partial charge on any atom is -0.493 e. The minimum absolute atomic E-state index is 0.0394. The predicted molar refractivity (Wildman–Crippen MR) is 136 cm³/mol. The third kappa shape index (κ3) is 7.38. The Morgan fingerprint density at radius 2 is 1.79 bits per heavy atom. The number of nitrogens with one attached hydrogen (secondary N) is 1. The molecule has 2 aromatic rings. The molecule has 3 amide bonds. The van der Waals surface area contributed by atoms with Crippen LogP contribution in [0.25, 0.3) is 0 Å². The van der Waals surface area contributed by atoms with Crippen molar-refractivity contribution in [2.45, 2.75) is 65.1 Å². The minimum atomic E-state index is -0.352. The zero-order valence-electron chi connectivity index (χ0n) is 21.1. The van der Waals surface area contributed by atoms with E-state index in [2.05, 4.69) is 24.4 Å². The number of methoxy groups -OCH3 is 2. The monoisotopic (exact) mass is 487 g/mol. The zero-order valence-corrected chi connectivity index (χ0v) is 22.0. The molecule has 8 heteroatoms. The molecule has 34 heavy (non-hydrogen) atoms. The summed E-state index contributed by atoms with van der Waals surface area (Å²) in [7, 11) is 3.23. The average Bonchev–Trinajstić information content (AvgIpc) is 3.54. The third-order valence-corrected chi connectivity index (χ3v) is 6.64. The number of rotatable bonds is 10. The normalized spacial score (nSPS) is 13.4. The summed E-state index contributed by atoms with van der Waals surface area (Å²) in [5.41, 5.74) is 0.705. The smallest absolute Gasteiger partial charge is 0.318 e. The van der Waals surface area contributed by atoms with Crippen molar-refractivity contribution in [1.29, 1.82) is 0 Å². The maximum Gasteiger partial charge on any atom is 0.318 e. The van der Waals surface area contributed by atoms with Crippen LogP contribution in [0.15, 0.2) is 30.3 Å². The van der Waals surface area contributed by atoms with Crippen LogP contribution in [0.3, 0.4) is 0 Å². The molecule has 186 valence electrons. The van der Waals surface area contributed by atoms with Crippen molar-refractivity contribution in [3.05, 3.63) is 45.6 Å². The first-order valence-corrected chi connectivity index (χ1v) is 12.5. The highest BCUT2D eigenvalue weighted by molar-refractivity contribution is 7.11. The van der Waals surface area contributed by atoms with Gasteiger partial charge < -0.3 is 24.6 Å². The van der Waals surface area contributed by atoms with E-state index in [1.807, 2.05) is 43.9 Å². The Bertz CT molecular complexity index is 994. The first-order valence-electron chi connectivity index (χ1n) is 11.7. The summed E-state index contributed by atoms with van der Waals surface area (Å²) in [6.45, 7) is 9.08. The van der Waals surface area contributed by atoms with Gasteiger partial charge in [0.05, 0.1) is 20.8 Å². The summed E-state index contributed by atoms with van der Waals surface area (Å²) in [5, 5.41) is 3.01. The number of ether oxygens (including phenoxy) is 2. The number of aryl methyl sites for hydroxylation is 1. The van der Waals surface area contributed by atoms with Crippen molar-refractivity contribution in [2.24, 2.45) is 0 Å². The third-order valence-electron chi connectivity index (χ3n) is 5.65. The molecule has 1 aliphatic carbocycles. The van der Waals surface area contributed by atoms with Gasteiger partial charge in [-0.25, -0.2) is 4.79 Å². The number of carbonyl (C=O) groups is 2. The number of amides is 3. The highest BCUT2D eigenvalue weighted by Gasteiger charge is 2.36. The van der Waals surface area contributed by atoms with Crippen molar-refractivity contribution in [2.75, 3.05) is 27.3 Å². The SMILES string of the molecule is COc1ccc(CCN(Cc2ccc(C)s2)C(=O)CN(C(=O)NC(C)(C)C)C2CC2)cc1OC. The molecule has 7 nitrogen and oxygen atoms in total. The number of carbonyl (C=O) groups excluding carboxylic acids is 2. The summed E-state index contributed by atoms with van der Waals surface area (Å²) in [5.74, 6) is 1.31. The first kappa shape index (κ1) is 25.9. The Labute approximate surface area is 207 Å². The molecule has 0 unspecified atom stereocenters. The number of hydrogen-bond acceptors (Lipinski definition) is 5. The van der Waals surface area contributed by atoms with Gasteiger partial charge in [-0.1, -0.05) is 6.07 Å². The number of nitrogens with zero attached hydrogens (tertiary/aromatic N) is 2. The lowest BCUT2D eigenvalue weighted by molar-refractivity contribution is -0.132. The second-order valence-electron chi connectivity index (χ2n) is 9.81. The summed E-state index contributed by atoms with van der Waals surface area (Å²) in [4.78, 5) is 32.3. The molecule has 1 saturated carbocycles. The Morgan fingerprint density at radius 3 is 2.35 bits per heavy atom. The van der Waals surface area contributed by atoms with Crippen LogP contribution in [0.2, 0.25) is 0 Å². The maximum absolute atomic E-state index is 13.5. The Morgan fingerprint density at radius 1 is 1.09 bits per heavy atom. The van der Waals surface area contributed by atoms with Crippen LogP contribution in [0.1, 0.15) is 48.9 Å². The van der Waals surface area contributed by atoms with Gasteiger partial charge in [-0.3, -0.25) is 4.79 Å². The van der Waals surface area contributed by atoms with E-state index in [9.17, 15) is 9.59 Å². The second-order valence-corrected chi connectivity index (χ2v) is 11.2. The molecule has 0 bridgehead atoms. The molecular weight excluding hydrogens is 450 g/mol. The molecular formula is C26H37N3O4S. The van der Waals surface area contributed by atoms with Gasteiger partial charge in [0.25, 0.3) is 0 Å². The zero-order chi connectivity index (χ0) is 24.9. The van der Waals surface area contributed by atoms with Crippen LogP contribution in [0.4, 0.5) is 4.79 Å². The number of thiophene rings is 1. The lowest BCUT2D eigenvalue weighted by Gasteiger charge is -2.30. The summed E-state index contributed by atoms with van der Waals surface area (Å²) in [6, 6.07) is 9.94. The van der Waals surface area contributed by atoms with Crippen LogP contribution in [0, 0.1) is 6.92 Å². The number of benzene rings is 1. The van der Waals surface area contributed by atoms with E-state index in [1.54, 1.807) is 30.5 Å².